The van der Waals surface area contributed by atoms with Crippen LogP contribution in [0.15, 0.2) is 24.3 Å². The first-order valence-corrected chi connectivity index (χ1v) is 10.4. The highest BCUT2D eigenvalue weighted by Crippen LogP contribution is 2.27. The van der Waals surface area contributed by atoms with Crippen LogP contribution in [-0.4, -0.2) is 44.1 Å². The van der Waals surface area contributed by atoms with Gasteiger partial charge in [0.2, 0.25) is 15.0 Å². The molecule has 0 aromatic heterocycles. The highest BCUT2D eigenvalue weighted by atomic mass is 35.7. The SMILES string of the molecule is O=C1CC(S(=O)(=O)Cl)CN1c1cccc(CN2CCCCC2)c1. The van der Waals surface area contributed by atoms with Crippen molar-refractivity contribution in [1.29, 1.82) is 0 Å². The van der Waals surface area contributed by atoms with Gasteiger partial charge in [0.05, 0.1) is 0 Å². The Morgan fingerprint density at radius 3 is 2.57 bits per heavy atom. The molecule has 1 aromatic rings. The molecular weight excluding hydrogens is 336 g/mol. The molecule has 0 spiro atoms. The van der Waals surface area contributed by atoms with Crippen molar-refractivity contribution >= 4 is 31.3 Å². The average Bonchev–Trinajstić information content (AvgIpc) is 2.91. The average molecular weight is 357 g/mol. The standard InChI is InChI=1S/C16H21ClN2O3S/c17-23(21,22)15-10-16(20)19(12-15)14-6-4-5-13(9-14)11-18-7-2-1-3-8-18/h4-6,9,15H,1-3,7-8,10-12H2. The fraction of sp³-hybridized carbons (Fsp3) is 0.562. The molecule has 3 rings (SSSR count). The Labute approximate surface area is 141 Å². The van der Waals surface area contributed by atoms with Gasteiger partial charge in [-0.1, -0.05) is 18.6 Å². The zero-order chi connectivity index (χ0) is 16.4. The second-order valence-electron chi connectivity index (χ2n) is 6.31. The molecular formula is C16H21ClN2O3S. The summed E-state index contributed by atoms with van der Waals surface area (Å²) in [7, 11) is 1.70. The van der Waals surface area contributed by atoms with Gasteiger partial charge in [-0.2, -0.15) is 0 Å². The van der Waals surface area contributed by atoms with E-state index in [9.17, 15) is 13.2 Å². The summed E-state index contributed by atoms with van der Waals surface area (Å²) < 4.78 is 22.9. The van der Waals surface area contributed by atoms with Gasteiger partial charge in [0.15, 0.2) is 0 Å². The van der Waals surface area contributed by atoms with Crippen molar-refractivity contribution in [3.8, 4) is 0 Å². The zero-order valence-corrected chi connectivity index (χ0v) is 14.5. The Balaban J connectivity index is 1.73. The van der Waals surface area contributed by atoms with E-state index in [2.05, 4.69) is 11.0 Å². The third-order valence-electron chi connectivity index (χ3n) is 4.56. The normalized spacial score (nSPS) is 23.4. The van der Waals surface area contributed by atoms with Crippen LogP contribution in [0, 0.1) is 0 Å². The quantitative estimate of drug-likeness (QED) is 0.777. The highest BCUT2D eigenvalue weighted by Gasteiger charge is 2.38. The lowest BCUT2D eigenvalue weighted by Gasteiger charge is -2.27. The molecule has 2 heterocycles. The Bertz CT molecular complexity index is 686. The van der Waals surface area contributed by atoms with Crippen molar-refractivity contribution in [2.45, 2.75) is 37.5 Å². The van der Waals surface area contributed by atoms with Crippen molar-refractivity contribution in [3.05, 3.63) is 29.8 Å². The minimum atomic E-state index is -3.71. The smallest absolute Gasteiger partial charge is 0.237 e. The van der Waals surface area contributed by atoms with Crippen LogP contribution >= 0.6 is 10.7 Å². The van der Waals surface area contributed by atoms with E-state index >= 15 is 0 Å². The van der Waals surface area contributed by atoms with Crippen LogP contribution in [0.25, 0.3) is 0 Å². The third-order valence-corrected chi connectivity index (χ3v) is 6.43. The van der Waals surface area contributed by atoms with Gasteiger partial charge < -0.3 is 4.90 Å². The van der Waals surface area contributed by atoms with Crippen LogP contribution in [0.5, 0.6) is 0 Å². The summed E-state index contributed by atoms with van der Waals surface area (Å²) in [5, 5.41) is -0.817. The Morgan fingerprint density at radius 1 is 1.17 bits per heavy atom. The highest BCUT2D eigenvalue weighted by molar-refractivity contribution is 8.14. The number of amides is 1. The first-order chi connectivity index (χ1) is 10.9. The summed E-state index contributed by atoms with van der Waals surface area (Å²) in [6.07, 6.45) is 3.73. The van der Waals surface area contributed by atoms with Gasteiger partial charge in [-0.05, 0) is 43.6 Å². The maximum Gasteiger partial charge on any atom is 0.237 e. The molecule has 1 atom stereocenters. The van der Waals surface area contributed by atoms with Crippen LogP contribution < -0.4 is 4.90 Å². The molecule has 0 N–H and O–H groups in total. The predicted octanol–water partition coefficient (Wildman–Crippen LogP) is 2.35. The van der Waals surface area contributed by atoms with Crippen LogP contribution in [0.1, 0.15) is 31.2 Å². The molecule has 0 bridgehead atoms. The number of benzene rings is 1. The van der Waals surface area contributed by atoms with Crippen LogP contribution in [0.2, 0.25) is 0 Å². The van der Waals surface area contributed by atoms with E-state index in [0.29, 0.717) is 0 Å². The summed E-state index contributed by atoms with van der Waals surface area (Å²) >= 11 is 0. The van der Waals surface area contributed by atoms with E-state index in [1.165, 1.54) is 24.2 Å². The summed E-state index contributed by atoms with van der Waals surface area (Å²) in [4.78, 5) is 16.1. The second kappa shape index (κ2) is 6.79. The summed E-state index contributed by atoms with van der Waals surface area (Å²) in [5.74, 6) is -0.186. The van der Waals surface area contributed by atoms with Crippen LogP contribution in [0.4, 0.5) is 5.69 Å². The topological polar surface area (TPSA) is 57.7 Å². The maximum atomic E-state index is 12.1. The number of likely N-dealkylation sites (tertiary alicyclic amines) is 1. The number of piperidine rings is 1. The molecule has 0 aliphatic carbocycles. The van der Waals surface area contributed by atoms with Crippen molar-refractivity contribution in [2.75, 3.05) is 24.5 Å². The minimum absolute atomic E-state index is 0.0395. The lowest BCUT2D eigenvalue weighted by Crippen LogP contribution is -2.29. The van der Waals surface area contributed by atoms with Crippen molar-refractivity contribution in [2.24, 2.45) is 0 Å². The molecule has 5 nitrogen and oxygen atoms in total. The van der Waals surface area contributed by atoms with Gasteiger partial charge in [-0.3, -0.25) is 9.69 Å². The van der Waals surface area contributed by atoms with E-state index in [1.54, 1.807) is 0 Å². The molecule has 1 unspecified atom stereocenters. The predicted molar refractivity (Wildman–Crippen MR) is 91.1 cm³/mol. The number of anilines is 1. The Morgan fingerprint density at radius 2 is 1.91 bits per heavy atom. The lowest BCUT2D eigenvalue weighted by molar-refractivity contribution is -0.117. The number of hydrogen-bond donors (Lipinski definition) is 0. The van der Waals surface area contributed by atoms with Crippen molar-refractivity contribution in [3.63, 3.8) is 0 Å². The number of carbonyl (C=O) groups is 1. The second-order valence-corrected chi connectivity index (χ2v) is 9.22. The van der Waals surface area contributed by atoms with Crippen LogP contribution in [-0.2, 0) is 20.4 Å². The van der Waals surface area contributed by atoms with Crippen molar-refractivity contribution in [1.82, 2.24) is 4.90 Å². The van der Waals surface area contributed by atoms with Gasteiger partial charge in [0.1, 0.15) is 5.25 Å². The molecule has 126 valence electrons. The minimum Gasteiger partial charge on any atom is -0.311 e. The summed E-state index contributed by atoms with van der Waals surface area (Å²) in [6.45, 7) is 3.23. The summed E-state index contributed by atoms with van der Waals surface area (Å²) in [5.41, 5.74) is 1.90. The number of nitrogens with zero attached hydrogens (tertiary/aromatic N) is 2. The van der Waals surface area contributed by atoms with Gasteiger partial charge in [-0.15, -0.1) is 0 Å². The van der Waals surface area contributed by atoms with E-state index in [0.717, 1.165) is 30.9 Å². The van der Waals surface area contributed by atoms with Crippen LogP contribution in [0.3, 0.4) is 0 Å². The van der Waals surface area contributed by atoms with Gasteiger partial charge in [-0.25, -0.2) is 8.42 Å². The van der Waals surface area contributed by atoms with E-state index in [-0.39, 0.29) is 18.9 Å². The van der Waals surface area contributed by atoms with Crippen molar-refractivity contribution < 1.29 is 13.2 Å². The first kappa shape index (κ1) is 16.7. The lowest BCUT2D eigenvalue weighted by atomic mass is 10.1. The Kier molecular flexibility index (Phi) is 4.94. The van der Waals surface area contributed by atoms with Gasteiger partial charge in [0.25, 0.3) is 0 Å². The molecule has 2 fully saturated rings. The molecule has 1 amide bonds. The molecule has 0 saturated carbocycles. The fourth-order valence-corrected chi connectivity index (χ4v) is 4.34. The van der Waals surface area contributed by atoms with E-state index in [4.69, 9.17) is 10.7 Å². The molecule has 23 heavy (non-hydrogen) atoms. The number of carbonyl (C=O) groups excluding carboxylic acids is 1. The maximum absolute atomic E-state index is 12.1. The van der Waals surface area contributed by atoms with E-state index < -0.39 is 14.3 Å². The molecule has 1 aromatic carbocycles. The number of halogens is 1. The number of rotatable bonds is 4. The monoisotopic (exact) mass is 356 g/mol. The zero-order valence-electron chi connectivity index (χ0n) is 12.9. The number of hydrogen-bond acceptors (Lipinski definition) is 4. The van der Waals surface area contributed by atoms with Gasteiger partial charge in [0, 0.05) is 35.9 Å². The molecule has 2 aliphatic heterocycles. The molecule has 2 saturated heterocycles. The molecule has 2 aliphatic rings. The molecule has 0 radical (unpaired) electrons. The largest absolute Gasteiger partial charge is 0.311 e. The van der Waals surface area contributed by atoms with Gasteiger partial charge >= 0.3 is 0 Å². The summed E-state index contributed by atoms with van der Waals surface area (Å²) in [6, 6.07) is 7.80. The first-order valence-electron chi connectivity index (χ1n) is 7.98. The van der Waals surface area contributed by atoms with E-state index in [1.807, 2.05) is 18.2 Å². The Hall–Kier alpha value is -1.11. The fourth-order valence-electron chi connectivity index (χ4n) is 3.31. The third kappa shape index (κ3) is 4.05. The molecule has 7 heteroatoms.